The molecule has 2 amide bonds. The largest absolute Gasteiger partial charge is 0.487 e. The molecular formula is C58H62N4O10. The molecule has 14 heteroatoms. The number of hydrogen-bond donors (Lipinski definition) is 0. The highest BCUT2D eigenvalue weighted by molar-refractivity contribution is 6.29. The third kappa shape index (κ3) is 14.8. The molecule has 4 aromatic carbocycles. The van der Waals surface area contributed by atoms with Gasteiger partial charge in [0, 0.05) is 51.0 Å². The molecule has 0 bridgehead atoms. The van der Waals surface area contributed by atoms with Crippen LogP contribution in [0.1, 0.15) is 48.9 Å². The highest BCUT2D eigenvalue weighted by Gasteiger charge is 2.32. The minimum Gasteiger partial charge on any atom is -0.487 e. The summed E-state index contributed by atoms with van der Waals surface area (Å²) in [5.41, 5.74) is 7.55. The van der Waals surface area contributed by atoms with Gasteiger partial charge in [-0.25, -0.2) is 9.59 Å². The lowest BCUT2D eigenvalue weighted by molar-refractivity contribution is -0.179. The van der Waals surface area contributed by atoms with Crippen molar-refractivity contribution in [2.75, 3.05) is 52.6 Å². The third-order valence-electron chi connectivity index (χ3n) is 12.9. The van der Waals surface area contributed by atoms with E-state index in [0.717, 1.165) is 44.5 Å². The molecule has 8 rings (SSSR count). The van der Waals surface area contributed by atoms with Gasteiger partial charge in [0.2, 0.25) is 11.8 Å². The van der Waals surface area contributed by atoms with E-state index in [-0.39, 0.29) is 11.8 Å². The second-order valence-electron chi connectivity index (χ2n) is 18.1. The number of aryl methyl sites for hydroxylation is 2. The molecule has 72 heavy (non-hydrogen) atoms. The lowest BCUT2D eigenvalue weighted by atomic mass is 10.0. The number of hydrogen-bond acceptors (Lipinski definition) is 12. The second kappa shape index (κ2) is 25.6. The zero-order valence-corrected chi connectivity index (χ0v) is 40.9. The number of aromatic nitrogens is 2. The topological polar surface area (TPSA) is 156 Å². The summed E-state index contributed by atoms with van der Waals surface area (Å²) in [4.78, 5) is 65.5. The number of esters is 2. The van der Waals surface area contributed by atoms with Crippen molar-refractivity contribution in [3.63, 3.8) is 0 Å². The molecule has 0 radical (unpaired) electrons. The Kier molecular flexibility index (Phi) is 18.1. The molecule has 2 fully saturated rings. The molecular weight excluding hydrogens is 913 g/mol. The number of ether oxygens (including phenoxy) is 6. The maximum Gasteiger partial charge on any atom is 0.417 e. The van der Waals surface area contributed by atoms with Crippen LogP contribution >= 0.6 is 0 Å². The van der Waals surface area contributed by atoms with E-state index in [9.17, 15) is 19.2 Å². The minimum absolute atomic E-state index is 0.0813. The summed E-state index contributed by atoms with van der Waals surface area (Å²) in [6.45, 7) is 8.25. The van der Waals surface area contributed by atoms with Crippen molar-refractivity contribution in [1.29, 1.82) is 0 Å². The van der Waals surface area contributed by atoms with Gasteiger partial charge in [0.25, 0.3) is 0 Å². The van der Waals surface area contributed by atoms with E-state index < -0.39 is 36.4 Å². The molecule has 2 aliphatic heterocycles. The number of morpholine rings is 2. The van der Waals surface area contributed by atoms with Gasteiger partial charge in [-0.3, -0.25) is 19.6 Å². The highest BCUT2D eigenvalue weighted by atomic mass is 16.6. The number of rotatable bonds is 20. The van der Waals surface area contributed by atoms with E-state index in [4.69, 9.17) is 28.4 Å². The summed E-state index contributed by atoms with van der Waals surface area (Å²) in [7, 11) is 0. The van der Waals surface area contributed by atoms with Crippen molar-refractivity contribution >= 4 is 23.8 Å². The van der Waals surface area contributed by atoms with Crippen LogP contribution in [0.3, 0.4) is 0 Å². The number of benzene rings is 4. The number of pyridine rings is 2. The Morgan fingerprint density at radius 3 is 1.26 bits per heavy atom. The van der Waals surface area contributed by atoms with Crippen LogP contribution in [0.4, 0.5) is 0 Å². The minimum atomic E-state index is -1.14. The number of nitrogens with zero attached hydrogens (tertiary/aromatic N) is 4. The zero-order valence-electron chi connectivity index (χ0n) is 40.9. The Morgan fingerprint density at radius 1 is 0.500 bits per heavy atom. The summed E-state index contributed by atoms with van der Waals surface area (Å²) in [6, 6.07) is 38.6. The summed E-state index contributed by atoms with van der Waals surface area (Å²) >= 11 is 0. The second-order valence-corrected chi connectivity index (χ2v) is 18.1. The molecule has 4 heterocycles. The molecule has 0 spiro atoms. The van der Waals surface area contributed by atoms with E-state index in [1.165, 1.54) is 0 Å². The Bertz CT molecular complexity index is 2510. The van der Waals surface area contributed by atoms with Crippen molar-refractivity contribution in [1.82, 2.24) is 19.8 Å². The molecule has 14 nitrogen and oxygen atoms in total. The van der Waals surface area contributed by atoms with E-state index in [0.29, 0.717) is 103 Å². The molecule has 2 aliphatic rings. The van der Waals surface area contributed by atoms with Crippen LogP contribution in [-0.4, -0.2) is 121 Å². The summed E-state index contributed by atoms with van der Waals surface area (Å²) in [5, 5.41) is 0. The van der Waals surface area contributed by atoms with E-state index in [2.05, 4.69) is 9.97 Å². The first-order chi connectivity index (χ1) is 35.1. The van der Waals surface area contributed by atoms with Gasteiger partial charge in [0.05, 0.1) is 39.3 Å². The van der Waals surface area contributed by atoms with E-state index in [1.807, 2.05) is 131 Å². The fourth-order valence-corrected chi connectivity index (χ4v) is 8.81. The van der Waals surface area contributed by atoms with Crippen LogP contribution in [0.2, 0.25) is 0 Å². The number of amides is 2. The van der Waals surface area contributed by atoms with Crippen LogP contribution in [0.5, 0.6) is 11.5 Å². The predicted molar refractivity (Wildman–Crippen MR) is 271 cm³/mol. The summed E-state index contributed by atoms with van der Waals surface area (Å²) in [6.07, 6.45) is 6.22. The maximum atomic E-state index is 13.8. The fraction of sp³-hybridized carbons (Fsp3) is 0.345. The standard InChI is InChI=1S/C58H62N4O10/c1-41(69-51-19-15-47(16-20-51)49-11-3-7-45(35-49)37-55(63)61-27-31-67-32-28-61)53(23-13-43-9-5-25-59-39-43)71-57(65)58(66)72-54(24-14-44-10-6-26-60-40-44)42(2)70-52-21-17-48(18-22-52)50-12-4-8-46(36-50)38-56(64)62-29-33-68-34-30-62/h3-12,15-22,25-26,35-36,39-42,53-54H,13-14,23-24,27-34,37-38H2,1-2H3. The van der Waals surface area contributed by atoms with Crippen LogP contribution in [0, 0.1) is 0 Å². The summed E-state index contributed by atoms with van der Waals surface area (Å²) < 4.78 is 35.5. The molecule has 2 aromatic heterocycles. The quantitative estimate of drug-likeness (QED) is 0.0539. The monoisotopic (exact) mass is 974 g/mol. The van der Waals surface area contributed by atoms with Crippen LogP contribution < -0.4 is 9.47 Å². The fourth-order valence-electron chi connectivity index (χ4n) is 8.81. The predicted octanol–water partition coefficient (Wildman–Crippen LogP) is 7.94. The Balaban J connectivity index is 0.907. The van der Waals surface area contributed by atoms with Crippen molar-refractivity contribution < 1.29 is 47.6 Å². The first kappa shape index (κ1) is 51.0. The molecule has 4 atom stereocenters. The van der Waals surface area contributed by atoms with Crippen LogP contribution in [0.15, 0.2) is 146 Å². The average Bonchev–Trinajstić information content (AvgIpc) is 3.42. The Hall–Kier alpha value is -7.42. The number of carbonyl (C=O) groups excluding carboxylic acids is 4. The molecule has 6 aromatic rings. The van der Waals surface area contributed by atoms with E-state index >= 15 is 0 Å². The zero-order chi connectivity index (χ0) is 50.1. The van der Waals surface area contributed by atoms with Crippen LogP contribution in [-0.2, 0) is 63.8 Å². The highest BCUT2D eigenvalue weighted by Crippen LogP contribution is 2.28. The van der Waals surface area contributed by atoms with Gasteiger partial charge in [-0.05, 0) is 120 Å². The van der Waals surface area contributed by atoms with Crippen molar-refractivity contribution in [3.8, 4) is 33.8 Å². The third-order valence-corrected chi connectivity index (χ3v) is 12.9. The molecule has 0 saturated carbocycles. The van der Waals surface area contributed by atoms with Crippen molar-refractivity contribution in [3.05, 3.63) is 168 Å². The first-order valence-corrected chi connectivity index (χ1v) is 24.8. The lowest BCUT2D eigenvalue weighted by Crippen LogP contribution is -2.41. The van der Waals surface area contributed by atoms with Gasteiger partial charge in [0.15, 0.2) is 0 Å². The first-order valence-electron chi connectivity index (χ1n) is 24.8. The Morgan fingerprint density at radius 2 is 0.889 bits per heavy atom. The van der Waals surface area contributed by atoms with Gasteiger partial charge in [-0.1, -0.05) is 84.9 Å². The molecule has 374 valence electrons. The van der Waals surface area contributed by atoms with Gasteiger partial charge >= 0.3 is 11.9 Å². The van der Waals surface area contributed by atoms with Gasteiger partial charge < -0.3 is 38.2 Å². The van der Waals surface area contributed by atoms with Gasteiger partial charge in [-0.2, -0.15) is 0 Å². The van der Waals surface area contributed by atoms with Crippen molar-refractivity contribution in [2.24, 2.45) is 0 Å². The Labute approximate surface area is 421 Å². The molecule has 0 N–H and O–H groups in total. The lowest BCUT2D eigenvalue weighted by Gasteiger charge is -2.27. The molecule has 2 saturated heterocycles. The van der Waals surface area contributed by atoms with Crippen LogP contribution in [0.25, 0.3) is 22.3 Å². The average molecular weight is 975 g/mol. The van der Waals surface area contributed by atoms with Crippen molar-refractivity contribution in [2.45, 2.75) is 76.8 Å². The van der Waals surface area contributed by atoms with Gasteiger partial charge in [0.1, 0.15) is 35.9 Å². The normalized spacial score (nSPS) is 15.4. The smallest absolute Gasteiger partial charge is 0.417 e. The maximum absolute atomic E-state index is 13.8. The van der Waals surface area contributed by atoms with Gasteiger partial charge in [-0.15, -0.1) is 0 Å². The molecule has 0 aliphatic carbocycles. The number of carbonyl (C=O) groups is 4. The van der Waals surface area contributed by atoms with E-state index in [1.54, 1.807) is 38.6 Å². The SMILES string of the molecule is CC(Oc1ccc(-c2cccc(CC(=O)N3CCOCC3)c2)cc1)C(CCc1cccnc1)OC(=O)C(=O)OC(CCc1cccnc1)C(C)Oc1ccc(-c2cccc(CC(=O)N3CCOCC3)c2)cc1. The molecule has 4 unspecified atom stereocenters. The summed E-state index contributed by atoms with van der Waals surface area (Å²) in [5.74, 6) is -1.01.